The highest BCUT2D eigenvalue weighted by molar-refractivity contribution is 8.00. The summed E-state index contributed by atoms with van der Waals surface area (Å²) in [6.07, 6.45) is 0. The Hall–Kier alpha value is -1.40. The molecule has 0 radical (unpaired) electrons. The van der Waals surface area contributed by atoms with Crippen molar-refractivity contribution in [1.82, 2.24) is 15.0 Å². The maximum absolute atomic E-state index is 9.76. The van der Waals surface area contributed by atoms with Crippen LogP contribution < -0.4 is 5.32 Å². The highest BCUT2D eigenvalue weighted by Crippen LogP contribution is 2.39. The third-order valence-electron chi connectivity index (χ3n) is 5.18. The lowest BCUT2D eigenvalue weighted by molar-refractivity contribution is 0.459. The van der Waals surface area contributed by atoms with Gasteiger partial charge in [-0.05, 0) is 85.6 Å². The first-order chi connectivity index (χ1) is 15.9. The van der Waals surface area contributed by atoms with Gasteiger partial charge in [0.25, 0.3) is 0 Å². The number of nitriles is 1. The lowest BCUT2D eigenvalue weighted by atomic mass is 9.90. The summed E-state index contributed by atoms with van der Waals surface area (Å²) >= 11 is 27.8. The minimum Gasteiger partial charge on any atom is -0.336 e. The second-order valence-electron chi connectivity index (χ2n) is 8.09. The van der Waals surface area contributed by atoms with Crippen LogP contribution in [0.2, 0.25) is 20.1 Å². The summed E-state index contributed by atoms with van der Waals surface area (Å²) in [6.45, 7) is 9.51. The van der Waals surface area contributed by atoms with E-state index in [0.29, 0.717) is 30.4 Å². The molecule has 0 fully saturated rings. The number of anilines is 1. The first-order valence-electron chi connectivity index (χ1n) is 10.1. The molecule has 11 heteroatoms. The van der Waals surface area contributed by atoms with Crippen molar-refractivity contribution >= 4 is 75.9 Å². The third kappa shape index (κ3) is 6.42. The van der Waals surface area contributed by atoms with Crippen molar-refractivity contribution in [3.05, 3.63) is 55.5 Å². The van der Waals surface area contributed by atoms with E-state index in [0.717, 1.165) is 20.9 Å². The zero-order valence-electron chi connectivity index (χ0n) is 19.0. The molecule has 178 valence electrons. The normalized spacial score (nSPS) is 13.0. The van der Waals surface area contributed by atoms with Gasteiger partial charge in [-0.25, -0.2) is 0 Å². The van der Waals surface area contributed by atoms with Crippen LogP contribution in [0.25, 0.3) is 0 Å². The molecule has 0 saturated heterocycles. The van der Waals surface area contributed by atoms with Gasteiger partial charge in [0.05, 0.1) is 16.1 Å². The van der Waals surface area contributed by atoms with Gasteiger partial charge in [0.2, 0.25) is 5.95 Å². The molecule has 1 heterocycles. The first-order valence-corrected chi connectivity index (χ1v) is 13.3. The molecule has 3 aromatic rings. The van der Waals surface area contributed by atoms with Gasteiger partial charge in [0.1, 0.15) is 5.54 Å². The number of benzene rings is 2. The molecule has 0 amide bonds. The van der Waals surface area contributed by atoms with E-state index in [1.807, 2.05) is 39.8 Å². The van der Waals surface area contributed by atoms with Gasteiger partial charge in [0.15, 0.2) is 10.3 Å². The van der Waals surface area contributed by atoms with Crippen molar-refractivity contribution in [3.8, 4) is 6.07 Å². The average molecular weight is 573 g/mol. The highest BCUT2D eigenvalue weighted by Gasteiger charge is 2.29. The van der Waals surface area contributed by atoms with Crippen LogP contribution >= 0.6 is 69.9 Å². The molecule has 5 nitrogen and oxygen atoms in total. The van der Waals surface area contributed by atoms with E-state index < -0.39 is 5.54 Å². The summed E-state index contributed by atoms with van der Waals surface area (Å²) in [6, 6.07) is 9.46. The summed E-state index contributed by atoms with van der Waals surface area (Å²) in [7, 11) is 0. The van der Waals surface area contributed by atoms with Crippen molar-refractivity contribution in [2.24, 2.45) is 5.92 Å². The van der Waals surface area contributed by atoms with Crippen LogP contribution in [-0.2, 0) is 0 Å². The van der Waals surface area contributed by atoms with Gasteiger partial charge < -0.3 is 5.32 Å². The molecule has 1 N–H and O–H groups in total. The predicted octanol–water partition coefficient (Wildman–Crippen LogP) is 8.75. The van der Waals surface area contributed by atoms with E-state index in [9.17, 15) is 5.26 Å². The Morgan fingerprint density at radius 2 is 1.26 bits per heavy atom. The molecule has 1 atom stereocenters. The van der Waals surface area contributed by atoms with Crippen LogP contribution in [-0.4, -0.2) is 20.5 Å². The number of halogens is 4. The van der Waals surface area contributed by atoms with Crippen molar-refractivity contribution < 1.29 is 0 Å². The Balaban J connectivity index is 2.06. The second-order valence-corrected chi connectivity index (χ2v) is 11.7. The lowest BCUT2D eigenvalue weighted by Gasteiger charge is -2.27. The molecule has 2 aromatic carbocycles. The summed E-state index contributed by atoms with van der Waals surface area (Å²) in [5.74, 6) is 0.282. The number of rotatable bonds is 7. The number of hydrogen-bond donors (Lipinski definition) is 1. The number of nitrogens with zero attached hydrogens (tertiary/aromatic N) is 4. The van der Waals surface area contributed by atoms with Gasteiger partial charge in [-0.1, -0.05) is 60.3 Å². The summed E-state index contributed by atoms with van der Waals surface area (Å²) in [4.78, 5) is 15.2. The quantitative estimate of drug-likeness (QED) is 0.303. The number of nitrogens with one attached hydrogen (secondary N) is 1. The van der Waals surface area contributed by atoms with E-state index >= 15 is 0 Å². The van der Waals surface area contributed by atoms with Gasteiger partial charge in [-0.15, -0.1) is 0 Å². The van der Waals surface area contributed by atoms with Gasteiger partial charge >= 0.3 is 0 Å². The molecule has 0 aliphatic rings. The molecule has 0 aliphatic heterocycles. The fourth-order valence-electron chi connectivity index (χ4n) is 2.63. The SMILES string of the molecule is Cc1cc(Sc2nc(NC(C)(C#N)C(C)C)nc(Sc3cc(C)c(Cl)cc3Cl)n2)c(Cl)cc1Cl. The predicted molar refractivity (Wildman–Crippen MR) is 143 cm³/mol. The lowest BCUT2D eigenvalue weighted by Crippen LogP contribution is -2.39. The molecule has 3 rings (SSSR count). The van der Waals surface area contributed by atoms with Crippen LogP contribution in [0.1, 0.15) is 31.9 Å². The number of aryl methyl sites for hydroxylation is 2. The van der Waals surface area contributed by atoms with Gasteiger partial charge in [-0.2, -0.15) is 20.2 Å². The van der Waals surface area contributed by atoms with Crippen LogP contribution in [0, 0.1) is 31.1 Å². The van der Waals surface area contributed by atoms with E-state index in [2.05, 4.69) is 26.3 Å². The average Bonchev–Trinajstić information content (AvgIpc) is 2.75. The molecule has 0 spiro atoms. The topological polar surface area (TPSA) is 74.5 Å². The summed E-state index contributed by atoms with van der Waals surface area (Å²) in [5, 5.41) is 15.9. The Labute approximate surface area is 228 Å². The van der Waals surface area contributed by atoms with E-state index in [-0.39, 0.29) is 11.9 Å². The van der Waals surface area contributed by atoms with E-state index in [4.69, 9.17) is 46.4 Å². The molecule has 34 heavy (non-hydrogen) atoms. The Bertz CT molecular complexity index is 1200. The van der Waals surface area contributed by atoms with Crippen LogP contribution in [0.15, 0.2) is 44.4 Å². The van der Waals surface area contributed by atoms with Gasteiger partial charge in [-0.3, -0.25) is 0 Å². The Morgan fingerprint density at radius 3 is 1.65 bits per heavy atom. The zero-order chi connectivity index (χ0) is 25.2. The minimum atomic E-state index is -0.881. The van der Waals surface area contributed by atoms with Crippen molar-refractivity contribution in [2.75, 3.05) is 5.32 Å². The standard InChI is InChI=1S/C23H21Cl4N5S2/c1-11(2)23(5,10-28)32-20-29-21(33-18-6-12(3)14(24)8-16(18)26)31-22(30-20)34-19-7-13(4)15(25)9-17(19)27/h6-9,11H,1-5H3,(H,29,30,31,32). The number of hydrogen-bond acceptors (Lipinski definition) is 7. The van der Waals surface area contributed by atoms with Crippen molar-refractivity contribution in [2.45, 2.75) is 60.3 Å². The van der Waals surface area contributed by atoms with E-state index in [1.165, 1.54) is 23.5 Å². The molecule has 1 unspecified atom stereocenters. The maximum Gasteiger partial charge on any atom is 0.228 e. The first kappa shape index (κ1) is 27.2. The summed E-state index contributed by atoms with van der Waals surface area (Å²) in [5.41, 5.74) is 0.889. The molecule has 0 saturated carbocycles. The van der Waals surface area contributed by atoms with Crippen LogP contribution in [0.4, 0.5) is 5.95 Å². The largest absolute Gasteiger partial charge is 0.336 e. The molecule has 0 bridgehead atoms. The van der Waals surface area contributed by atoms with Gasteiger partial charge in [0, 0.05) is 19.8 Å². The van der Waals surface area contributed by atoms with Crippen LogP contribution in [0.3, 0.4) is 0 Å². The molecule has 1 aromatic heterocycles. The van der Waals surface area contributed by atoms with Crippen LogP contribution in [0.5, 0.6) is 0 Å². The number of aromatic nitrogens is 3. The maximum atomic E-state index is 9.76. The molecular formula is C23H21Cl4N5S2. The summed E-state index contributed by atoms with van der Waals surface area (Å²) < 4.78 is 0. The monoisotopic (exact) mass is 571 g/mol. The Morgan fingerprint density at radius 1 is 0.824 bits per heavy atom. The van der Waals surface area contributed by atoms with Crippen molar-refractivity contribution in [1.29, 1.82) is 5.26 Å². The van der Waals surface area contributed by atoms with E-state index in [1.54, 1.807) is 19.1 Å². The fourth-order valence-corrected chi connectivity index (χ4v) is 5.40. The molecular weight excluding hydrogens is 552 g/mol. The second kappa shape index (κ2) is 11.1. The smallest absolute Gasteiger partial charge is 0.228 e. The third-order valence-corrected chi connectivity index (χ3v) is 8.69. The minimum absolute atomic E-state index is 0.00295. The van der Waals surface area contributed by atoms with Crippen molar-refractivity contribution in [3.63, 3.8) is 0 Å². The fraction of sp³-hybridized carbons (Fsp3) is 0.304. The Kier molecular flexibility index (Phi) is 8.89. The molecule has 0 aliphatic carbocycles. The highest BCUT2D eigenvalue weighted by atomic mass is 35.5. The zero-order valence-corrected chi connectivity index (χ0v) is 23.7.